The Hall–Kier alpha value is -1.23. The third-order valence-electron chi connectivity index (χ3n) is 2.94. The molecule has 1 nitrogen and oxygen atoms in total. The van der Waals surface area contributed by atoms with Gasteiger partial charge in [0.15, 0.2) is 0 Å². The fraction of sp³-hybridized carbons (Fsp3) is 0.0667. The van der Waals surface area contributed by atoms with Crippen molar-refractivity contribution in [3.05, 3.63) is 58.2 Å². The van der Waals surface area contributed by atoms with Crippen molar-refractivity contribution in [1.82, 2.24) is 0 Å². The molecular formula is C15H11ClFNS2. The molecule has 0 saturated carbocycles. The number of halogens is 2. The lowest BCUT2D eigenvalue weighted by molar-refractivity contribution is 0.624. The Labute approximate surface area is 129 Å². The van der Waals surface area contributed by atoms with Gasteiger partial charge in [-0.05, 0) is 24.3 Å². The van der Waals surface area contributed by atoms with Gasteiger partial charge in [0.1, 0.15) is 5.82 Å². The number of anilines is 1. The highest BCUT2D eigenvalue weighted by atomic mass is 35.5. The second-order valence-electron chi connectivity index (χ2n) is 4.31. The van der Waals surface area contributed by atoms with Crippen LogP contribution in [0.2, 0.25) is 5.02 Å². The molecule has 0 fully saturated rings. The van der Waals surface area contributed by atoms with Crippen molar-refractivity contribution in [3.63, 3.8) is 0 Å². The quantitative estimate of drug-likeness (QED) is 0.504. The minimum absolute atomic E-state index is 0.274. The fourth-order valence-electron chi connectivity index (χ4n) is 1.93. The molecule has 0 unspecified atom stereocenters. The Morgan fingerprint density at radius 1 is 1.20 bits per heavy atom. The van der Waals surface area contributed by atoms with E-state index in [0.717, 1.165) is 20.2 Å². The van der Waals surface area contributed by atoms with E-state index < -0.39 is 0 Å². The third kappa shape index (κ3) is 2.64. The monoisotopic (exact) mass is 323 g/mol. The van der Waals surface area contributed by atoms with Crippen LogP contribution in [0.3, 0.4) is 0 Å². The van der Waals surface area contributed by atoms with E-state index in [0.29, 0.717) is 11.4 Å². The van der Waals surface area contributed by atoms with Gasteiger partial charge in [0.2, 0.25) is 0 Å². The number of benzene rings is 2. The van der Waals surface area contributed by atoms with Gasteiger partial charge in [0, 0.05) is 31.3 Å². The number of hydrogen-bond donors (Lipinski definition) is 1. The zero-order valence-electron chi connectivity index (χ0n) is 10.4. The Kier molecular flexibility index (Phi) is 3.87. The average molecular weight is 324 g/mol. The summed E-state index contributed by atoms with van der Waals surface area (Å²) in [5.41, 5.74) is 6.44. The first kappa shape index (κ1) is 13.7. The zero-order valence-corrected chi connectivity index (χ0v) is 12.8. The predicted molar refractivity (Wildman–Crippen MR) is 87.2 cm³/mol. The maximum Gasteiger partial charge on any atom is 0.124 e. The molecule has 0 aliphatic rings. The molecule has 1 heterocycles. The Bertz CT molecular complexity index is 770. The fourth-order valence-corrected chi connectivity index (χ4v) is 4.58. The van der Waals surface area contributed by atoms with E-state index in [1.165, 1.54) is 28.6 Å². The summed E-state index contributed by atoms with van der Waals surface area (Å²) < 4.78 is 14.4. The molecule has 0 bridgehead atoms. The van der Waals surface area contributed by atoms with Crippen LogP contribution in [0.15, 0.2) is 47.4 Å². The van der Waals surface area contributed by atoms with E-state index >= 15 is 0 Å². The predicted octanol–water partition coefficient (Wildman–Crippen LogP) is 5.57. The van der Waals surface area contributed by atoms with Crippen molar-refractivity contribution < 1.29 is 4.39 Å². The first-order valence-electron chi connectivity index (χ1n) is 5.99. The minimum Gasteiger partial charge on any atom is -0.398 e. The molecule has 0 radical (unpaired) electrons. The normalized spacial score (nSPS) is 11.1. The van der Waals surface area contributed by atoms with E-state index in [9.17, 15) is 4.39 Å². The highest BCUT2D eigenvalue weighted by Crippen LogP contribution is 2.39. The molecule has 2 aromatic carbocycles. The summed E-state index contributed by atoms with van der Waals surface area (Å²) >= 11 is 9.56. The SMILES string of the molecule is Nc1ccc(F)cc1SCc1sc2ccccc2c1Cl. The highest BCUT2D eigenvalue weighted by molar-refractivity contribution is 7.98. The van der Waals surface area contributed by atoms with Crippen LogP contribution in [0.5, 0.6) is 0 Å². The first-order valence-corrected chi connectivity index (χ1v) is 8.17. The molecule has 3 rings (SSSR count). The van der Waals surface area contributed by atoms with E-state index in [1.807, 2.05) is 18.2 Å². The van der Waals surface area contributed by atoms with Crippen molar-refractivity contribution in [2.75, 3.05) is 5.73 Å². The maximum absolute atomic E-state index is 13.2. The van der Waals surface area contributed by atoms with Crippen LogP contribution >= 0.6 is 34.7 Å². The molecule has 102 valence electrons. The van der Waals surface area contributed by atoms with Gasteiger partial charge in [-0.3, -0.25) is 0 Å². The summed E-state index contributed by atoms with van der Waals surface area (Å²) in [5, 5.41) is 1.86. The zero-order chi connectivity index (χ0) is 14.1. The van der Waals surface area contributed by atoms with E-state index in [-0.39, 0.29) is 5.82 Å². The Morgan fingerprint density at radius 2 is 2.00 bits per heavy atom. The van der Waals surface area contributed by atoms with Crippen LogP contribution in [0.25, 0.3) is 10.1 Å². The van der Waals surface area contributed by atoms with Crippen molar-refractivity contribution in [1.29, 1.82) is 0 Å². The minimum atomic E-state index is -0.274. The van der Waals surface area contributed by atoms with Crippen LogP contribution in [-0.2, 0) is 5.75 Å². The first-order chi connectivity index (χ1) is 9.65. The maximum atomic E-state index is 13.2. The van der Waals surface area contributed by atoms with E-state index in [2.05, 4.69) is 6.07 Å². The van der Waals surface area contributed by atoms with Crippen molar-refractivity contribution in [2.45, 2.75) is 10.6 Å². The van der Waals surface area contributed by atoms with E-state index in [1.54, 1.807) is 17.4 Å². The van der Waals surface area contributed by atoms with Gasteiger partial charge >= 0.3 is 0 Å². The molecule has 5 heteroatoms. The molecule has 0 atom stereocenters. The van der Waals surface area contributed by atoms with Gasteiger partial charge in [-0.1, -0.05) is 29.8 Å². The molecule has 2 N–H and O–H groups in total. The summed E-state index contributed by atoms with van der Waals surface area (Å²) in [5.74, 6) is 0.412. The molecule has 1 aromatic heterocycles. The van der Waals surface area contributed by atoms with Crippen molar-refractivity contribution in [2.24, 2.45) is 0 Å². The van der Waals surface area contributed by atoms with Gasteiger partial charge < -0.3 is 5.73 Å². The van der Waals surface area contributed by atoms with Crippen LogP contribution in [0.1, 0.15) is 4.88 Å². The van der Waals surface area contributed by atoms with Crippen LogP contribution in [-0.4, -0.2) is 0 Å². The number of hydrogen-bond acceptors (Lipinski definition) is 3. The lowest BCUT2D eigenvalue weighted by Gasteiger charge is -2.04. The van der Waals surface area contributed by atoms with Gasteiger partial charge in [-0.15, -0.1) is 23.1 Å². The highest BCUT2D eigenvalue weighted by Gasteiger charge is 2.11. The van der Waals surface area contributed by atoms with Gasteiger partial charge in [0.05, 0.1) is 5.02 Å². The molecule has 0 spiro atoms. The second kappa shape index (κ2) is 5.64. The molecule has 0 saturated heterocycles. The van der Waals surface area contributed by atoms with Crippen LogP contribution in [0.4, 0.5) is 10.1 Å². The number of fused-ring (bicyclic) bond motifs is 1. The lowest BCUT2D eigenvalue weighted by Crippen LogP contribution is -1.89. The molecule has 0 aliphatic heterocycles. The summed E-state index contributed by atoms with van der Waals surface area (Å²) in [7, 11) is 0. The lowest BCUT2D eigenvalue weighted by atomic mass is 10.2. The standard InChI is InChI=1S/C15H11ClFNS2/c16-15-10-3-1-2-4-12(10)20-14(15)8-19-13-7-9(17)5-6-11(13)18/h1-7H,8,18H2. The molecule has 3 aromatic rings. The molecule has 20 heavy (non-hydrogen) atoms. The molecule has 0 aliphatic carbocycles. The van der Waals surface area contributed by atoms with Gasteiger partial charge in [-0.2, -0.15) is 0 Å². The van der Waals surface area contributed by atoms with Gasteiger partial charge in [0.25, 0.3) is 0 Å². The van der Waals surface area contributed by atoms with Crippen molar-refractivity contribution in [3.8, 4) is 0 Å². The van der Waals surface area contributed by atoms with Gasteiger partial charge in [-0.25, -0.2) is 4.39 Å². The topological polar surface area (TPSA) is 26.0 Å². The number of thioether (sulfide) groups is 1. The van der Waals surface area contributed by atoms with Crippen LogP contribution in [0, 0.1) is 5.82 Å². The third-order valence-corrected chi connectivity index (χ3v) is 5.93. The number of rotatable bonds is 3. The second-order valence-corrected chi connectivity index (χ2v) is 6.84. The van der Waals surface area contributed by atoms with E-state index in [4.69, 9.17) is 17.3 Å². The average Bonchev–Trinajstić information content (AvgIpc) is 2.77. The number of thiophene rings is 1. The van der Waals surface area contributed by atoms with Crippen LogP contribution < -0.4 is 5.73 Å². The number of nitrogen functional groups attached to an aromatic ring is 1. The Balaban J connectivity index is 1.87. The molecule has 0 amide bonds. The smallest absolute Gasteiger partial charge is 0.124 e. The molecular weight excluding hydrogens is 313 g/mol. The largest absolute Gasteiger partial charge is 0.398 e. The summed E-state index contributed by atoms with van der Waals surface area (Å²) in [6, 6.07) is 12.5. The number of nitrogens with two attached hydrogens (primary N) is 1. The van der Waals surface area contributed by atoms with Crippen molar-refractivity contribution >= 4 is 50.5 Å². The Morgan fingerprint density at radius 3 is 2.80 bits per heavy atom. The summed E-state index contributed by atoms with van der Waals surface area (Å²) in [4.78, 5) is 1.83. The summed E-state index contributed by atoms with van der Waals surface area (Å²) in [6.45, 7) is 0. The summed E-state index contributed by atoms with van der Waals surface area (Å²) in [6.07, 6.45) is 0.